The van der Waals surface area contributed by atoms with E-state index in [1.54, 1.807) is 27.2 Å². The van der Waals surface area contributed by atoms with Crippen molar-refractivity contribution in [1.82, 2.24) is 14.4 Å². The van der Waals surface area contributed by atoms with Gasteiger partial charge in [0.15, 0.2) is 5.65 Å². The van der Waals surface area contributed by atoms with Gasteiger partial charge in [0.1, 0.15) is 11.5 Å². The minimum absolute atomic E-state index is 0.174. The van der Waals surface area contributed by atoms with E-state index in [0.29, 0.717) is 56.5 Å². The maximum absolute atomic E-state index is 13.0. The third kappa shape index (κ3) is 8.57. The highest BCUT2D eigenvalue weighted by Crippen LogP contribution is 2.29. The number of aromatic nitrogens is 3. The highest BCUT2D eigenvalue weighted by atomic mass is 16.7. The largest absolute Gasteiger partial charge is 0.469 e. The van der Waals surface area contributed by atoms with Crippen LogP contribution < -0.4 is 4.74 Å². The van der Waals surface area contributed by atoms with Crippen molar-refractivity contribution in [3.05, 3.63) is 108 Å². The summed E-state index contributed by atoms with van der Waals surface area (Å²) in [6.45, 7) is 5.19. The molecule has 0 atom stereocenters. The molecule has 3 heterocycles. The molecular weight excluding hydrogens is 574 g/mol. The summed E-state index contributed by atoms with van der Waals surface area (Å²) >= 11 is 0. The lowest BCUT2D eigenvalue weighted by Gasteiger charge is -2.22. The molecule has 0 saturated heterocycles. The van der Waals surface area contributed by atoms with Crippen molar-refractivity contribution >= 4 is 11.6 Å². The summed E-state index contributed by atoms with van der Waals surface area (Å²) in [5.41, 5.74) is 4.02. The van der Waals surface area contributed by atoms with Crippen LogP contribution in [0.25, 0.3) is 16.9 Å². The molecule has 0 N–H and O–H groups in total. The monoisotopic (exact) mass is 613 g/mol. The predicted octanol–water partition coefficient (Wildman–Crippen LogP) is 5.76. The lowest BCUT2D eigenvalue weighted by molar-refractivity contribution is -0.164. The Morgan fingerprint density at radius 1 is 0.844 bits per heavy atom. The van der Waals surface area contributed by atoms with Crippen molar-refractivity contribution in [3.8, 4) is 17.1 Å². The van der Waals surface area contributed by atoms with Crippen molar-refractivity contribution in [2.24, 2.45) is 5.41 Å². The molecule has 0 unspecified atom stereocenters. The molecule has 0 fully saturated rings. The standard InChI is InChI=1S/C35H39N3O7/c1-35(2,24-42-20-19-41-18-17-40-3)34(39)45-25-44-33-30(22-28-15-10-16-43-28)37-32-29(21-26-11-6-4-7-12-26)36-31(23-38(32)33)27-13-8-5-9-14-27/h4-16,23H,17-22,24-25H2,1-3H3. The fraction of sp³-hybridized carbons (Fsp3) is 0.343. The number of esters is 1. The van der Waals surface area contributed by atoms with E-state index in [9.17, 15) is 4.79 Å². The third-order valence-corrected chi connectivity index (χ3v) is 7.11. The van der Waals surface area contributed by atoms with Crippen LogP contribution in [0.5, 0.6) is 5.88 Å². The van der Waals surface area contributed by atoms with Gasteiger partial charge in [-0.15, -0.1) is 0 Å². The average Bonchev–Trinajstić information content (AvgIpc) is 3.69. The molecule has 5 aromatic rings. The van der Waals surface area contributed by atoms with Gasteiger partial charge in [0.25, 0.3) is 0 Å². The Morgan fingerprint density at radius 3 is 2.31 bits per heavy atom. The molecule has 0 aliphatic rings. The Balaban J connectivity index is 1.38. The summed E-state index contributed by atoms with van der Waals surface area (Å²) in [7, 11) is 1.62. The molecule has 0 aliphatic carbocycles. The van der Waals surface area contributed by atoms with Crippen LogP contribution in [-0.2, 0) is 36.6 Å². The second-order valence-electron chi connectivity index (χ2n) is 11.2. The molecule has 236 valence electrons. The zero-order chi connectivity index (χ0) is 31.5. The molecule has 10 heteroatoms. The maximum atomic E-state index is 13.0. The van der Waals surface area contributed by atoms with Crippen LogP contribution in [0.2, 0.25) is 0 Å². The molecular formula is C35H39N3O7. The average molecular weight is 614 g/mol. The number of carbonyl (C=O) groups is 1. The molecule has 0 bridgehead atoms. The number of ether oxygens (including phenoxy) is 5. The van der Waals surface area contributed by atoms with E-state index in [0.717, 1.165) is 28.3 Å². The number of nitrogens with zero attached hydrogens (tertiary/aromatic N) is 3. The number of furan rings is 1. The smallest absolute Gasteiger partial charge is 0.316 e. The summed E-state index contributed by atoms with van der Waals surface area (Å²) < 4.78 is 35.4. The van der Waals surface area contributed by atoms with Crippen LogP contribution >= 0.6 is 0 Å². The van der Waals surface area contributed by atoms with Crippen molar-refractivity contribution in [1.29, 1.82) is 0 Å². The molecule has 0 aliphatic heterocycles. The lowest BCUT2D eigenvalue weighted by atomic mass is 9.95. The Hall–Kier alpha value is -4.51. The van der Waals surface area contributed by atoms with Gasteiger partial charge in [-0.1, -0.05) is 60.7 Å². The second-order valence-corrected chi connectivity index (χ2v) is 11.2. The quantitative estimate of drug-likeness (QED) is 0.0736. The van der Waals surface area contributed by atoms with Gasteiger partial charge in [-0.05, 0) is 31.5 Å². The zero-order valence-electron chi connectivity index (χ0n) is 25.9. The molecule has 3 aromatic heterocycles. The van der Waals surface area contributed by atoms with Crippen molar-refractivity contribution in [3.63, 3.8) is 0 Å². The first-order valence-corrected chi connectivity index (χ1v) is 14.9. The third-order valence-electron chi connectivity index (χ3n) is 7.11. The van der Waals surface area contributed by atoms with Gasteiger partial charge in [0, 0.05) is 25.3 Å². The minimum Gasteiger partial charge on any atom is -0.469 e. The van der Waals surface area contributed by atoms with Gasteiger partial charge in [0.05, 0.1) is 62.5 Å². The molecule has 45 heavy (non-hydrogen) atoms. The van der Waals surface area contributed by atoms with E-state index in [1.165, 1.54) is 0 Å². The second kappa shape index (κ2) is 15.5. The highest BCUT2D eigenvalue weighted by molar-refractivity contribution is 5.76. The van der Waals surface area contributed by atoms with Crippen LogP contribution in [-0.4, -0.2) is 67.3 Å². The van der Waals surface area contributed by atoms with Crippen molar-refractivity contribution < 1.29 is 32.9 Å². The number of imidazole rings is 1. The number of hydrogen-bond acceptors (Lipinski definition) is 9. The number of carbonyl (C=O) groups excluding carboxylic acids is 1. The molecule has 0 radical (unpaired) electrons. The topological polar surface area (TPSA) is 107 Å². The molecule has 2 aromatic carbocycles. The van der Waals surface area contributed by atoms with Crippen LogP contribution in [0.4, 0.5) is 0 Å². The number of hydrogen-bond donors (Lipinski definition) is 0. The summed E-state index contributed by atoms with van der Waals surface area (Å²) in [6, 6.07) is 23.8. The van der Waals surface area contributed by atoms with Gasteiger partial charge in [-0.2, -0.15) is 0 Å². The molecule has 10 nitrogen and oxygen atoms in total. The van der Waals surface area contributed by atoms with Crippen LogP contribution in [0, 0.1) is 5.41 Å². The summed E-state index contributed by atoms with van der Waals surface area (Å²) in [5, 5.41) is 0. The zero-order valence-corrected chi connectivity index (χ0v) is 25.9. The Labute approximate surface area is 262 Å². The van der Waals surface area contributed by atoms with E-state index in [-0.39, 0.29) is 13.4 Å². The number of fused-ring (bicyclic) bond motifs is 1. The number of methoxy groups -OCH3 is 1. The molecule has 0 amide bonds. The van der Waals surface area contributed by atoms with Gasteiger partial charge in [-0.25, -0.2) is 9.97 Å². The molecule has 0 saturated carbocycles. The molecule has 5 rings (SSSR count). The van der Waals surface area contributed by atoms with Gasteiger partial charge in [0.2, 0.25) is 12.7 Å². The summed E-state index contributed by atoms with van der Waals surface area (Å²) in [5.74, 6) is 0.733. The maximum Gasteiger partial charge on any atom is 0.316 e. The Morgan fingerprint density at radius 2 is 1.58 bits per heavy atom. The lowest BCUT2D eigenvalue weighted by Crippen LogP contribution is -2.33. The number of benzene rings is 2. The number of rotatable bonds is 17. The Kier molecular flexibility index (Phi) is 11.0. The van der Waals surface area contributed by atoms with E-state index < -0.39 is 11.4 Å². The SMILES string of the molecule is COCCOCCOCC(C)(C)C(=O)OCOc1c(Cc2ccco2)nc2c(Cc3ccccc3)nc(-c3ccccc3)cn12. The fourth-order valence-corrected chi connectivity index (χ4v) is 4.72. The van der Waals surface area contributed by atoms with E-state index in [2.05, 4.69) is 12.1 Å². The van der Waals surface area contributed by atoms with E-state index >= 15 is 0 Å². The van der Waals surface area contributed by atoms with Crippen LogP contribution in [0.3, 0.4) is 0 Å². The van der Waals surface area contributed by atoms with Crippen molar-refractivity contribution in [2.45, 2.75) is 26.7 Å². The summed E-state index contributed by atoms with van der Waals surface area (Å²) in [6.07, 6.45) is 4.48. The highest BCUT2D eigenvalue weighted by Gasteiger charge is 2.30. The fourth-order valence-electron chi connectivity index (χ4n) is 4.72. The normalized spacial score (nSPS) is 11.6. The Bertz CT molecular complexity index is 1630. The van der Waals surface area contributed by atoms with Gasteiger partial charge < -0.3 is 28.1 Å². The van der Waals surface area contributed by atoms with E-state index in [1.807, 2.05) is 71.3 Å². The predicted molar refractivity (Wildman–Crippen MR) is 168 cm³/mol. The molecule has 0 spiro atoms. The van der Waals surface area contributed by atoms with Gasteiger partial charge in [-0.3, -0.25) is 9.20 Å². The van der Waals surface area contributed by atoms with Crippen molar-refractivity contribution in [2.75, 3.05) is 46.9 Å². The van der Waals surface area contributed by atoms with Crippen LogP contribution in [0.15, 0.2) is 89.7 Å². The van der Waals surface area contributed by atoms with Crippen LogP contribution in [0.1, 0.15) is 36.6 Å². The first-order valence-electron chi connectivity index (χ1n) is 14.9. The summed E-state index contributed by atoms with van der Waals surface area (Å²) in [4.78, 5) is 23.0. The van der Waals surface area contributed by atoms with Gasteiger partial charge >= 0.3 is 5.97 Å². The first-order chi connectivity index (χ1) is 21.9. The first kappa shape index (κ1) is 31.9. The minimum atomic E-state index is -0.889. The van der Waals surface area contributed by atoms with E-state index in [4.69, 9.17) is 38.1 Å².